The lowest BCUT2D eigenvalue weighted by Gasteiger charge is -2.31. The minimum Gasteiger partial charge on any atom is -0.320 e. The van der Waals surface area contributed by atoms with Gasteiger partial charge in [-0.3, -0.25) is 14.9 Å². The summed E-state index contributed by atoms with van der Waals surface area (Å²) in [6, 6.07) is 6.71. The van der Waals surface area contributed by atoms with Crippen molar-refractivity contribution in [3.63, 3.8) is 0 Å². The molecule has 1 aliphatic heterocycles. The maximum Gasteiger partial charge on any atom is 0.269 e. The van der Waals surface area contributed by atoms with Crippen LogP contribution in [0.2, 0.25) is 0 Å². The molecular formula is C19H26N4O3S. The number of nitro benzene ring substituents is 1. The van der Waals surface area contributed by atoms with Gasteiger partial charge in [0.15, 0.2) is 0 Å². The zero-order valence-corrected chi connectivity index (χ0v) is 16.1. The minimum absolute atomic E-state index is 0.0228. The van der Waals surface area contributed by atoms with Gasteiger partial charge in [0.25, 0.3) is 5.69 Å². The van der Waals surface area contributed by atoms with Crippen LogP contribution in [0.15, 0.2) is 35.9 Å². The quantitative estimate of drug-likeness (QED) is 0.548. The van der Waals surface area contributed by atoms with Crippen molar-refractivity contribution in [1.29, 1.82) is 0 Å². The number of thioether (sulfide) groups is 1. The van der Waals surface area contributed by atoms with E-state index in [1.807, 2.05) is 11.6 Å². The van der Waals surface area contributed by atoms with Crippen LogP contribution in [-0.4, -0.2) is 33.7 Å². The number of rotatable bonds is 7. The Kier molecular flexibility index (Phi) is 6.87. The molecule has 1 aromatic rings. The molecule has 0 radical (unpaired) electrons. The van der Waals surface area contributed by atoms with E-state index in [0.29, 0.717) is 24.4 Å². The Labute approximate surface area is 163 Å². The summed E-state index contributed by atoms with van der Waals surface area (Å²) >= 11 is 1.61. The zero-order valence-electron chi connectivity index (χ0n) is 15.3. The van der Waals surface area contributed by atoms with E-state index in [0.717, 1.165) is 37.7 Å². The summed E-state index contributed by atoms with van der Waals surface area (Å²) in [4.78, 5) is 24.3. The summed E-state index contributed by atoms with van der Waals surface area (Å²) < 4.78 is 0. The van der Waals surface area contributed by atoms with Crippen molar-refractivity contribution in [2.75, 3.05) is 5.88 Å². The molecular weight excluding hydrogens is 364 g/mol. The number of carbonyl (C=O) groups is 1. The van der Waals surface area contributed by atoms with Crippen molar-refractivity contribution in [2.24, 2.45) is 11.7 Å². The number of hydrogen-bond donors (Lipinski definition) is 2. The monoisotopic (exact) mass is 390 g/mol. The maximum absolute atomic E-state index is 12.3. The fourth-order valence-electron chi connectivity index (χ4n) is 3.69. The Bertz CT molecular complexity index is 687. The molecule has 0 aromatic heterocycles. The van der Waals surface area contributed by atoms with E-state index in [9.17, 15) is 14.9 Å². The second-order valence-corrected chi connectivity index (χ2v) is 8.12. The Morgan fingerprint density at radius 1 is 1.30 bits per heavy atom. The molecule has 3 N–H and O–H groups in total. The van der Waals surface area contributed by atoms with E-state index in [4.69, 9.17) is 5.73 Å². The molecule has 0 saturated heterocycles. The maximum atomic E-state index is 12.3. The number of nitrogens with one attached hydrogen (secondary N) is 1. The first-order chi connectivity index (χ1) is 13.0. The summed E-state index contributed by atoms with van der Waals surface area (Å²) in [7, 11) is 0. The topological polar surface area (TPSA) is 101 Å². The predicted molar refractivity (Wildman–Crippen MR) is 107 cm³/mol. The van der Waals surface area contributed by atoms with Crippen LogP contribution in [0.5, 0.6) is 0 Å². The molecule has 7 nitrogen and oxygen atoms in total. The van der Waals surface area contributed by atoms with E-state index in [2.05, 4.69) is 5.32 Å². The molecule has 1 saturated carbocycles. The third kappa shape index (κ3) is 5.54. The van der Waals surface area contributed by atoms with E-state index < -0.39 is 6.04 Å². The number of nitrogens with two attached hydrogens (primary N) is 1. The van der Waals surface area contributed by atoms with Crippen molar-refractivity contribution < 1.29 is 9.72 Å². The Morgan fingerprint density at radius 3 is 2.59 bits per heavy atom. The highest BCUT2D eigenvalue weighted by Gasteiger charge is 2.27. The molecule has 1 fully saturated rings. The van der Waals surface area contributed by atoms with Crippen LogP contribution in [-0.2, 0) is 11.3 Å². The summed E-state index contributed by atoms with van der Waals surface area (Å²) in [6.45, 7) is 0.713. The van der Waals surface area contributed by atoms with E-state index in [1.165, 1.54) is 0 Å². The number of benzene rings is 1. The molecule has 1 aromatic carbocycles. The van der Waals surface area contributed by atoms with Crippen molar-refractivity contribution in [3.05, 3.63) is 51.6 Å². The van der Waals surface area contributed by atoms with Gasteiger partial charge in [-0.2, -0.15) is 0 Å². The Morgan fingerprint density at radius 2 is 2.00 bits per heavy atom. The fraction of sp³-hybridized carbons (Fsp3) is 0.526. The number of carbonyl (C=O) groups excluding carboxylic acids is 1. The van der Waals surface area contributed by atoms with Crippen LogP contribution < -0.4 is 11.1 Å². The summed E-state index contributed by atoms with van der Waals surface area (Å²) in [5.41, 5.74) is 7.30. The van der Waals surface area contributed by atoms with Crippen LogP contribution in [0, 0.1) is 16.0 Å². The predicted octanol–water partition coefficient (Wildman–Crippen LogP) is 2.96. The largest absolute Gasteiger partial charge is 0.320 e. The van der Waals surface area contributed by atoms with Gasteiger partial charge >= 0.3 is 0 Å². The van der Waals surface area contributed by atoms with Gasteiger partial charge < -0.3 is 16.0 Å². The first kappa shape index (κ1) is 19.9. The third-order valence-electron chi connectivity index (χ3n) is 5.33. The van der Waals surface area contributed by atoms with E-state index in [1.54, 1.807) is 40.9 Å². The van der Waals surface area contributed by atoms with Crippen LogP contribution in [0.25, 0.3) is 0 Å². The molecule has 3 rings (SSSR count). The van der Waals surface area contributed by atoms with Gasteiger partial charge in [0, 0.05) is 30.9 Å². The van der Waals surface area contributed by atoms with Crippen molar-refractivity contribution in [1.82, 2.24) is 10.2 Å². The Hall–Kier alpha value is -1.90. The van der Waals surface area contributed by atoms with Gasteiger partial charge in [-0.25, -0.2) is 0 Å². The molecule has 2 aliphatic rings. The van der Waals surface area contributed by atoms with Crippen LogP contribution >= 0.6 is 11.8 Å². The minimum atomic E-state index is -0.414. The second kappa shape index (κ2) is 9.34. The smallest absolute Gasteiger partial charge is 0.269 e. The summed E-state index contributed by atoms with van der Waals surface area (Å²) in [5, 5.41) is 16.2. The lowest BCUT2D eigenvalue weighted by atomic mass is 9.82. The molecule has 1 unspecified atom stereocenters. The number of nitro groups is 1. The average molecular weight is 391 g/mol. The van der Waals surface area contributed by atoms with Gasteiger partial charge in [-0.15, -0.1) is 11.8 Å². The third-order valence-corrected chi connectivity index (χ3v) is 6.07. The molecule has 27 heavy (non-hydrogen) atoms. The molecule has 0 bridgehead atoms. The zero-order chi connectivity index (χ0) is 19.2. The van der Waals surface area contributed by atoms with Crippen LogP contribution in [0.4, 0.5) is 5.69 Å². The molecule has 1 aliphatic carbocycles. The first-order valence-electron chi connectivity index (χ1n) is 9.34. The molecule has 1 atom stereocenters. The van der Waals surface area contributed by atoms with Gasteiger partial charge in [0.1, 0.15) is 0 Å². The SMILES string of the molecule is NC(CC1CCC(NCc2ccc([N+](=O)[O-])cc2)CC1)C(=O)N1C=CSC1. The lowest BCUT2D eigenvalue weighted by molar-refractivity contribution is -0.384. The number of nitrogens with zero attached hydrogens (tertiary/aromatic N) is 2. The highest BCUT2D eigenvalue weighted by molar-refractivity contribution is 8.02. The molecule has 146 valence electrons. The summed E-state index contributed by atoms with van der Waals surface area (Å²) in [6.07, 6.45) is 6.85. The normalized spacial score (nSPS) is 23.4. The van der Waals surface area contributed by atoms with Crippen molar-refractivity contribution in [2.45, 2.75) is 50.7 Å². The van der Waals surface area contributed by atoms with Crippen molar-refractivity contribution in [3.8, 4) is 0 Å². The molecule has 8 heteroatoms. The standard InChI is InChI=1S/C19H26N4O3S/c20-18(19(24)22-9-10-27-13-22)11-14-1-5-16(6-2-14)21-12-15-3-7-17(8-4-15)23(25)26/h3-4,7-10,14,16,18,21H,1-2,5-6,11-13,20H2. The molecule has 1 amide bonds. The van der Waals surface area contributed by atoms with Gasteiger partial charge in [-0.05, 0) is 49.0 Å². The number of amides is 1. The summed E-state index contributed by atoms with van der Waals surface area (Å²) in [5.74, 6) is 1.20. The first-order valence-corrected chi connectivity index (χ1v) is 10.4. The highest BCUT2D eigenvalue weighted by atomic mass is 32.2. The highest BCUT2D eigenvalue weighted by Crippen LogP contribution is 2.28. The number of non-ortho nitro benzene ring substituents is 1. The van der Waals surface area contributed by atoms with E-state index in [-0.39, 0.29) is 16.5 Å². The number of hydrogen-bond acceptors (Lipinski definition) is 6. The lowest BCUT2D eigenvalue weighted by Crippen LogP contribution is -2.42. The molecule has 1 heterocycles. The molecule has 0 spiro atoms. The van der Waals surface area contributed by atoms with E-state index >= 15 is 0 Å². The van der Waals surface area contributed by atoms with Gasteiger partial charge in [0.05, 0.1) is 16.8 Å². The Balaban J connectivity index is 1.37. The van der Waals surface area contributed by atoms with Gasteiger partial charge in [0.2, 0.25) is 5.91 Å². The van der Waals surface area contributed by atoms with Gasteiger partial charge in [-0.1, -0.05) is 12.1 Å². The van der Waals surface area contributed by atoms with Crippen LogP contribution in [0.3, 0.4) is 0 Å². The fourth-order valence-corrected chi connectivity index (χ4v) is 4.39. The second-order valence-electron chi connectivity index (χ2n) is 7.25. The van der Waals surface area contributed by atoms with Crippen molar-refractivity contribution >= 4 is 23.4 Å². The van der Waals surface area contributed by atoms with Crippen LogP contribution in [0.1, 0.15) is 37.7 Å². The average Bonchev–Trinajstić information content (AvgIpc) is 3.22.